The number of rotatable bonds is 7. The van der Waals surface area contributed by atoms with Crippen molar-refractivity contribution < 1.29 is 14.7 Å². The minimum atomic E-state index is -0.744. The third kappa shape index (κ3) is 4.82. The Balaban J connectivity index is 1.95. The first-order valence-electron chi connectivity index (χ1n) is 8.82. The number of aryl methyl sites for hydroxylation is 1. The van der Waals surface area contributed by atoms with Crippen molar-refractivity contribution in [3.8, 4) is 0 Å². The van der Waals surface area contributed by atoms with Gasteiger partial charge < -0.3 is 20.3 Å². The fourth-order valence-electron chi connectivity index (χ4n) is 2.65. The first-order valence-corrected chi connectivity index (χ1v) is 8.82. The Morgan fingerprint density at radius 2 is 1.96 bits per heavy atom. The fraction of sp³-hybridized carbons (Fsp3) is 0.474. The van der Waals surface area contributed by atoms with Gasteiger partial charge in [-0.3, -0.25) is 9.59 Å². The second-order valence-corrected chi connectivity index (χ2v) is 6.40. The van der Waals surface area contributed by atoms with Crippen LogP contribution in [0.3, 0.4) is 0 Å². The van der Waals surface area contributed by atoms with E-state index in [1.54, 1.807) is 6.07 Å². The van der Waals surface area contributed by atoms with E-state index in [0.29, 0.717) is 5.69 Å². The number of carbonyl (C=O) groups excluding carboxylic acids is 2. The summed E-state index contributed by atoms with van der Waals surface area (Å²) in [5.74, 6) is -1.41. The molecule has 2 rings (SSSR count). The predicted molar refractivity (Wildman–Crippen MR) is 99.3 cm³/mol. The van der Waals surface area contributed by atoms with Crippen LogP contribution >= 0.6 is 0 Å². The molecule has 136 valence electrons. The van der Waals surface area contributed by atoms with Crippen LogP contribution in [0.5, 0.6) is 0 Å². The molecule has 0 aliphatic carbocycles. The normalized spacial score (nSPS) is 13.4. The standard InChI is InChI=1S/C19H27N3O3/c1-4-9-22-10-8-14-11-15(6-7-16(14)22)21-19(25)18(24)20-12-17(23)13(3)5-2/h6-8,10-11,13,17,23H,4-5,9,12H2,1-3H3,(H,20,24)(H,21,25). The van der Waals surface area contributed by atoms with E-state index in [1.165, 1.54) is 0 Å². The lowest BCUT2D eigenvalue weighted by Crippen LogP contribution is -2.41. The highest BCUT2D eigenvalue weighted by Gasteiger charge is 2.18. The van der Waals surface area contributed by atoms with E-state index in [9.17, 15) is 14.7 Å². The van der Waals surface area contributed by atoms with Gasteiger partial charge in [-0.1, -0.05) is 27.2 Å². The molecule has 0 fully saturated rings. The number of anilines is 1. The van der Waals surface area contributed by atoms with Gasteiger partial charge in [-0.15, -0.1) is 0 Å². The molecular weight excluding hydrogens is 318 g/mol. The molecule has 2 aromatic rings. The molecule has 0 aliphatic heterocycles. The molecule has 1 heterocycles. The van der Waals surface area contributed by atoms with Crippen molar-refractivity contribution >= 4 is 28.4 Å². The quantitative estimate of drug-likeness (QED) is 0.674. The molecule has 2 unspecified atom stereocenters. The number of fused-ring (bicyclic) bond motifs is 1. The van der Waals surface area contributed by atoms with Gasteiger partial charge in [0.05, 0.1) is 6.10 Å². The van der Waals surface area contributed by atoms with Crippen molar-refractivity contribution in [2.45, 2.75) is 46.3 Å². The third-order valence-corrected chi connectivity index (χ3v) is 4.47. The molecular formula is C19H27N3O3. The molecule has 0 bridgehead atoms. The van der Waals surface area contributed by atoms with E-state index < -0.39 is 17.9 Å². The zero-order valence-corrected chi connectivity index (χ0v) is 15.1. The lowest BCUT2D eigenvalue weighted by molar-refractivity contribution is -0.136. The van der Waals surface area contributed by atoms with E-state index in [0.717, 1.165) is 30.3 Å². The van der Waals surface area contributed by atoms with Crippen molar-refractivity contribution in [3.05, 3.63) is 30.5 Å². The van der Waals surface area contributed by atoms with E-state index in [1.807, 2.05) is 38.2 Å². The van der Waals surface area contributed by atoms with E-state index in [-0.39, 0.29) is 12.5 Å². The summed E-state index contributed by atoms with van der Waals surface area (Å²) in [4.78, 5) is 23.9. The Morgan fingerprint density at radius 3 is 2.64 bits per heavy atom. The summed E-state index contributed by atoms with van der Waals surface area (Å²) in [6, 6.07) is 7.56. The highest BCUT2D eigenvalue weighted by atomic mass is 16.3. The zero-order chi connectivity index (χ0) is 18.4. The number of carbonyl (C=O) groups is 2. The highest BCUT2D eigenvalue weighted by molar-refractivity contribution is 6.39. The number of nitrogens with one attached hydrogen (secondary N) is 2. The van der Waals surface area contributed by atoms with Crippen LogP contribution in [-0.2, 0) is 16.1 Å². The van der Waals surface area contributed by atoms with Gasteiger partial charge >= 0.3 is 11.8 Å². The van der Waals surface area contributed by atoms with Gasteiger partial charge in [-0.25, -0.2) is 0 Å². The van der Waals surface area contributed by atoms with Gasteiger partial charge in [-0.2, -0.15) is 0 Å². The summed E-state index contributed by atoms with van der Waals surface area (Å²) in [6.45, 7) is 7.00. The van der Waals surface area contributed by atoms with Crippen LogP contribution in [0, 0.1) is 5.92 Å². The SMILES string of the molecule is CCCn1ccc2cc(NC(=O)C(=O)NCC(O)C(C)CC)ccc21. The summed E-state index contributed by atoms with van der Waals surface area (Å²) in [6.07, 6.45) is 3.21. The number of hydrogen-bond acceptors (Lipinski definition) is 3. The summed E-state index contributed by atoms with van der Waals surface area (Å²) in [7, 11) is 0. The Morgan fingerprint density at radius 1 is 1.20 bits per heavy atom. The number of aliphatic hydroxyl groups is 1. The summed E-state index contributed by atoms with van der Waals surface area (Å²) >= 11 is 0. The molecule has 1 aromatic heterocycles. The van der Waals surface area contributed by atoms with Gasteiger partial charge in [0.1, 0.15) is 0 Å². The van der Waals surface area contributed by atoms with Crippen molar-refractivity contribution in [2.75, 3.05) is 11.9 Å². The maximum absolute atomic E-state index is 12.0. The lowest BCUT2D eigenvalue weighted by Gasteiger charge is -2.17. The van der Waals surface area contributed by atoms with Crippen molar-refractivity contribution in [2.24, 2.45) is 5.92 Å². The smallest absolute Gasteiger partial charge is 0.313 e. The number of amides is 2. The van der Waals surface area contributed by atoms with Gasteiger partial charge in [0.2, 0.25) is 0 Å². The molecule has 6 nitrogen and oxygen atoms in total. The average Bonchev–Trinajstić information content (AvgIpc) is 3.01. The zero-order valence-electron chi connectivity index (χ0n) is 15.1. The van der Waals surface area contributed by atoms with E-state index >= 15 is 0 Å². The topological polar surface area (TPSA) is 83.4 Å². The summed E-state index contributed by atoms with van der Waals surface area (Å²) in [5, 5.41) is 15.9. The van der Waals surface area contributed by atoms with E-state index in [2.05, 4.69) is 22.1 Å². The molecule has 3 N–H and O–H groups in total. The summed E-state index contributed by atoms with van der Waals surface area (Å²) in [5.41, 5.74) is 1.67. The Kier molecular flexibility index (Phi) is 6.58. The van der Waals surface area contributed by atoms with Crippen LogP contribution in [0.2, 0.25) is 0 Å². The third-order valence-electron chi connectivity index (χ3n) is 4.47. The Labute approximate surface area is 148 Å². The molecule has 0 spiro atoms. The maximum atomic E-state index is 12.0. The number of nitrogens with zero attached hydrogens (tertiary/aromatic N) is 1. The highest BCUT2D eigenvalue weighted by Crippen LogP contribution is 2.20. The number of benzene rings is 1. The lowest BCUT2D eigenvalue weighted by atomic mass is 10.0. The molecule has 0 saturated carbocycles. The van der Waals surface area contributed by atoms with Crippen LogP contribution in [0.1, 0.15) is 33.6 Å². The number of aromatic nitrogens is 1. The second-order valence-electron chi connectivity index (χ2n) is 6.40. The van der Waals surface area contributed by atoms with Gasteiger partial charge in [0.25, 0.3) is 0 Å². The monoisotopic (exact) mass is 345 g/mol. The molecule has 1 aromatic carbocycles. The van der Waals surface area contributed by atoms with Crippen LogP contribution in [0.25, 0.3) is 10.9 Å². The largest absolute Gasteiger partial charge is 0.391 e. The fourth-order valence-corrected chi connectivity index (χ4v) is 2.65. The molecule has 0 radical (unpaired) electrons. The van der Waals surface area contributed by atoms with Crippen LogP contribution < -0.4 is 10.6 Å². The molecule has 0 saturated heterocycles. The second kappa shape index (κ2) is 8.67. The van der Waals surface area contributed by atoms with Gasteiger partial charge in [-0.05, 0) is 36.6 Å². The molecule has 2 atom stereocenters. The van der Waals surface area contributed by atoms with Gasteiger partial charge in [0.15, 0.2) is 0 Å². The van der Waals surface area contributed by atoms with E-state index in [4.69, 9.17) is 0 Å². The average molecular weight is 345 g/mol. The van der Waals surface area contributed by atoms with Gasteiger partial charge in [0, 0.05) is 35.9 Å². The van der Waals surface area contributed by atoms with Crippen LogP contribution in [0.15, 0.2) is 30.5 Å². The Hall–Kier alpha value is -2.34. The van der Waals surface area contributed by atoms with Crippen molar-refractivity contribution in [1.29, 1.82) is 0 Å². The minimum absolute atomic E-state index is 0.0675. The van der Waals surface area contributed by atoms with Crippen LogP contribution in [0.4, 0.5) is 5.69 Å². The van der Waals surface area contributed by atoms with Crippen molar-refractivity contribution in [3.63, 3.8) is 0 Å². The minimum Gasteiger partial charge on any atom is -0.391 e. The number of hydrogen-bond donors (Lipinski definition) is 3. The number of aliphatic hydroxyl groups excluding tert-OH is 1. The Bertz CT molecular complexity index is 739. The maximum Gasteiger partial charge on any atom is 0.313 e. The molecule has 25 heavy (non-hydrogen) atoms. The summed E-state index contributed by atoms with van der Waals surface area (Å²) < 4.78 is 2.16. The first kappa shape index (κ1) is 19.0. The predicted octanol–water partition coefficient (Wildman–Crippen LogP) is 2.51. The first-order chi connectivity index (χ1) is 12.0. The van der Waals surface area contributed by atoms with Crippen molar-refractivity contribution in [1.82, 2.24) is 9.88 Å². The molecule has 6 heteroatoms. The molecule has 0 aliphatic rings. The molecule has 2 amide bonds. The van der Waals surface area contributed by atoms with Crippen LogP contribution in [-0.4, -0.2) is 34.1 Å².